The van der Waals surface area contributed by atoms with Gasteiger partial charge in [-0.05, 0) is 19.4 Å². The number of thiazole rings is 1. The number of ether oxygens (including phenoxy) is 1. The third kappa shape index (κ3) is 4.33. The molecule has 1 atom stereocenters. The van der Waals surface area contributed by atoms with Crippen LogP contribution in [0.2, 0.25) is 0 Å². The Morgan fingerprint density at radius 2 is 2.56 bits per heavy atom. The number of hydrogen-bond acceptors (Lipinski definition) is 6. The number of hydrogen-bond donors (Lipinski definition) is 1. The van der Waals surface area contributed by atoms with Gasteiger partial charge in [0.1, 0.15) is 6.04 Å². The van der Waals surface area contributed by atoms with Crippen molar-refractivity contribution in [1.29, 1.82) is 0 Å². The van der Waals surface area contributed by atoms with E-state index in [1.807, 2.05) is 12.3 Å². The van der Waals surface area contributed by atoms with Crippen LogP contribution in [0.5, 0.6) is 0 Å². The summed E-state index contributed by atoms with van der Waals surface area (Å²) >= 11 is 1.47. The molecule has 1 N–H and O–H groups in total. The number of carbonyl (C=O) groups excluding carboxylic acids is 1. The number of nitrogens with one attached hydrogen (secondary N) is 1. The van der Waals surface area contributed by atoms with Crippen molar-refractivity contribution in [2.75, 3.05) is 19.7 Å². The van der Waals surface area contributed by atoms with Gasteiger partial charge in [0.2, 0.25) is 0 Å². The molecule has 18 heavy (non-hydrogen) atoms. The quantitative estimate of drug-likeness (QED) is 0.269. The van der Waals surface area contributed by atoms with E-state index >= 15 is 0 Å². The molecule has 0 bridgehead atoms. The van der Waals surface area contributed by atoms with Crippen molar-refractivity contribution in [1.82, 2.24) is 10.3 Å². The molecule has 0 saturated heterocycles. The van der Waals surface area contributed by atoms with Crippen molar-refractivity contribution in [2.45, 2.75) is 19.9 Å². The summed E-state index contributed by atoms with van der Waals surface area (Å²) in [5.41, 5.74) is 8.81. The molecule has 0 fully saturated rings. The van der Waals surface area contributed by atoms with Gasteiger partial charge in [0.15, 0.2) is 0 Å². The highest BCUT2D eigenvalue weighted by molar-refractivity contribution is 7.09. The summed E-state index contributed by atoms with van der Waals surface area (Å²) in [6.45, 7) is 4.60. The number of aromatic nitrogens is 1. The van der Waals surface area contributed by atoms with Gasteiger partial charge in [-0.15, -0.1) is 11.3 Å². The first-order valence-electron chi connectivity index (χ1n) is 5.52. The maximum Gasteiger partial charge on any atom is 0.329 e. The average molecular weight is 269 g/mol. The fourth-order valence-electron chi connectivity index (χ4n) is 1.35. The van der Waals surface area contributed by atoms with E-state index in [1.165, 1.54) is 11.3 Å². The molecule has 1 heterocycles. The second kappa shape index (κ2) is 7.65. The fourth-order valence-corrected chi connectivity index (χ4v) is 1.99. The van der Waals surface area contributed by atoms with E-state index in [-0.39, 0.29) is 12.5 Å². The van der Waals surface area contributed by atoms with Crippen LogP contribution in [0.3, 0.4) is 0 Å². The van der Waals surface area contributed by atoms with Gasteiger partial charge in [0.25, 0.3) is 0 Å². The molecule has 98 valence electrons. The number of aryl methyl sites for hydroxylation is 1. The Labute approximate surface area is 109 Å². The van der Waals surface area contributed by atoms with Crippen LogP contribution in [0.1, 0.15) is 23.7 Å². The molecule has 0 saturated carbocycles. The van der Waals surface area contributed by atoms with E-state index in [2.05, 4.69) is 20.3 Å². The second-order valence-corrected chi connectivity index (χ2v) is 4.45. The Balaban J connectivity index is 2.68. The van der Waals surface area contributed by atoms with Crippen LogP contribution in [-0.2, 0) is 9.53 Å². The first-order chi connectivity index (χ1) is 8.69. The molecular formula is C10H15N5O2S. The molecule has 8 heteroatoms. The van der Waals surface area contributed by atoms with E-state index in [0.29, 0.717) is 18.8 Å². The minimum absolute atomic E-state index is 0.273. The second-order valence-electron chi connectivity index (χ2n) is 3.39. The van der Waals surface area contributed by atoms with Crippen LogP contribution < -0.4 is 5.32 Å². The molecule has 1 aromatic heterocycles. The number of nitrogens with zero attached hydrogens (tertiary/aromatic N) is 4. The van der Waals surface area contributed by atoms with Crippen molar-refractivity contribution >= 4 is 17.3 Å². The molecule has 7 nitrogen and oxygen atoms in total. The fraction of sp³-hybridized carbons (Fsp3) is 0.600. The van der Waals surface area contributed by atoms with Gasteiger partial charge < -0.3 is 4.74 Å². The summed E-state index contributed by atoms with van der Waals surface area (Å²) in [6.07, 6.45) is 0. The molecule has 1 unspecified atom stereocenters. The van der Waals surface area contributed by atoms with Gasteiger partial charge in [0, 0.05) is 23.4 Å². The maximum absolute atomic E-state index is 11.8. The smallest absolute Gasteiger partial charge is 0.329 e. The Morgan fingerprint density at radius 1 is 1.78 bits per heavy atom. The van der Waals surface area contributed by atoms with Crippen molar-refractivity contribution in [3.8, 4) is 0 Å². The predicted molar refractivity (Wildman–Crippen MR) is 68.2 cm³/mol. The van der Waals surface area contributed by atoms with Crippen molar-refractivity contribution in [2.24, 2.45) is 5.11 Å². The average Bonchev–Trinajstić information content (AvgIpc) is 2.76. The van der Waals surface area contributed by atoms with Crippen LogP contribution in [0.25, 0.3) is 10.4 Å². The zero-order valence-electron chi connectivity index (χ0n) is 10.3. The number of azide groups is 1. The Morgan fingerprint density at radius 3 is 3.11 bits per heavy atom. The highest BCUT2D eigenvalue weighted by atomic mass is 32.1. The molecule has 0 spiro atoms. The van der Waals surface area contributed by atoms with Crippen molar-refractivity contribution in [3.63, 3.8) is 0 Å². The molecule has 0 aliphatic heterocycles. The lowest BCUT2D eigenvalue weighted by Crippen LogP contribution is -2.32. The van der Waals surface area contributed by atoms with Crippen LogP contribution in [0.15, 0.2) is 10.5 Å². The minimum atomic E-state index is -0.608. The molecule has 1 rings (SSSR count). The lowest BCUT2D eigenvalue weighted by Gasteiger charge is -2.14. The standard InChI is InChI=1S/C10H15N5O2S/c1-3-17-10(16)9(12-4-5-13-15-11)8-6-18-7(2)14-8/h6,9,12H,3-5H2,1-2H3. The molecule has 0 amide bonds. The van der Waals surface area contributed by atoms with E-state index in [1.54, 1.807) is 6.92 Å². The van der Waals surface area contributed by atoms with Gasteiger partial charge >= 0.3 is 5.97 Å². The summed E-state index contributed by atoms with van der Waals surface area (Å²) in [5.74, 6) is -0.372. The third-order valence-corrected chi connectivity index (χ3v) is 2.87. The van der Waals surface area contributed by atoms with Gasteiger partial charge in [-0.1, -0.05) is 5.11 Å². The maximum atomic E-state index is 11.8. The number of carbonyl (C=O) groups is 1. The lowest BCUT2D eigenvalue weighted by molar-refractivity contribution is -0.145. The Bertz CT molecular complexity index is 441. The zero-order valence-corrected chi connectivity index (χ0v) is 11.1. The zero-order chi connectivity index (χ0) is 13.4. The van der Waals surface area contributed by atoms with E-state index in [9.17, 15) is 4.79 Å². The van der Waals surface area contributed by atoms with Crippen LogP contribution in [0.4, 0.5) is 0 Å². The highest BCUT2D eigenvalue weighted by Crippen LogP contribution is 2.17. The van der Waals surface area contributed by atoms with E-state index in [0.717, 1.165) is 5.01 Å². The SMILES string of the molecule is CCOC(=O)C(NCCN=[N+]=[N-])c1csc(C)n1. The highest BCUT2D eigenvalue weighted by Gasteiger charge is 2.23. The molecule has 0 aliphatic carbocycles. The first kappa shape index (κ1) is 14.4. The largest absolute Gasteiger partial charge is 0.465 e. The molecule has 0 radical (unpaired) electrons. The molecule has 1 aromatic rings. The third-order valence-electron chi connectivity index (χ3n) is 2.08. The first-order valence-corrected chi connectivity index (χ1v) is 6.40. The number of esters is 1. The van der Waals surface area contributed by atoms with Gasteiger partial charge in [0.05, 0.1) is 17.3 Å². The van der Waals surface area contributed by atoms with Gasteiger partial charge in [-0.3, -0.25) is 5.32 Å². The monoisotopic (exact) mass is 269 g/mol. The van der Waals surface area contributed by atoms with E-state index < -0.39 is 6.04 Å². The Kier molecular flexibility index (Phi) is 6.13. The number of rotatable bonds is 7. The van der Waals surface area contributed by atoms with Crippen LogP contribution in [0, 0.1) is 6.92 Å². The van der Waals surface area contributed by atoms with Crippen LogP contribution in [-0.4, -0.2) is 30.6 Å². The summed E-state index contributed by atoms with van der Waals surface area (Å²) in [6, 6.07) is -0.608. The molecule has 0 aromatic carbocycles. The Hall–Kier alpha value is -1.63. The van der Waals surface area contributed by atoms with E-state index in [4.69, 9.17) is 10.3 Å². The molecule has 0 aliphatic rings. The lowest BCUT2D eigenvalue weighted by atomic mass is 10.2. The van der Waals surface area contributed by atoms with Gasteiger partial charge in [-0.2, -0.15) is 0 Å². The normalized spacial score (nSPS) is 11.7. The summed E-state index contributed by atoms with van der Waals surface area (Å²) in [5, 5.41) is 9.07. The summed E-state index contributed by atoms with van der Waals surface area (Å²) in [7, 11) is 0. The predicted octanol–water partition coefficient (Wildman–Crippen LogP) is 1.96. The molecular weight excluding hydrogens is 254 g/mol. The summed E-state index contributed by atoms with van der Waals surface area (Å²) < 4.78 is 4.98. The van der Waals surface area contributed by atoms with Crippen molar-refractivity contribution < 1.29 is 9.53 Å². The topological polar surface area (TPSA) is 100.0 Å². The summed E-state index contributed by atoms with van der Waals surface area (Å²) in [4.78, 5) is 18.7. The van der Waals surface area contributed by atoms with Crippen molar-refractivity contribution in [3.05, 3.63) is 26.5 Å². The minimum Gasteiger partial charge on any atom is -0.465 e. The van der Waals surface area contributed by atoms with Gasteiger partial charge in [-0.25, -0.2) is 9.78 Å². The van der Waals surface area contributed by atoms with Crippen LogP contribution >= 0.6 is 11.3 Å².